The number of aromatic nitrogens is 2. The van der Waals surface area contributed by atoms with Crippen molar-refractivity contribution in [3.63, 3.8) is 0 Å². The van der Waals surface area contributed by atoms with Gasteiger partial charge in [0.15, 0.2) is 0 Å². The highest BCUT2D eigenvalue weighted by Crippen LogP contribution is 2.23. The Morgan fingerprint density at radius 3 is 2.83 bits per heavy atom. The van der Waals surface area contributed by atoms with Crippen LogP contribution in [0.15, 0.2) is 60.9 Å². The molecule has 0 aliphatic heterocycles. The summed E-state index contributed by atoms with van der Waals surface area (Å²) in [5.74, 6) is -0.0417. The molecule has 0 saturated carbocycles. The minimum absolute atomic E-state index is 0.0338. The lowest BCUT2D eigenvalue weighted by atomic mass is 10.2. The second-order valence-corrected chi connectivity index (χ2v) is 5.56. The van der Waals surface area contributed by atoms with Crippen molar-refractivity contribution < 1.29 is 4.79 Å². The average molecular weight is 305 g/mol. The maximum absolute atomic E-state index is 12.4. The smallest absolute Gasteiger partial charge is 0.246 e. The molecule has 0 spiro atoms. The molecule has 0 radical (unpaired) electrons. The van der Waals surface area contributed by atoms with Gasteiger partial charge in [0.05, 0.1) is 6.04 Å². The minimum Gasteiger partial charge on any atom is -0.357 e. The first kappa shape index (κ1) is 15.0. The van der Waals surface area contributed by atoms with E-state index in [-0.39, 0.29) is 11.9 Å². The number of aromatic amines is 1. The summed E-state index contributed by atoms with van der Waals surface area (Å²) >= 11 is 0. The number of rotatable bonds is 4. The molecule has 1 N–H and O–H groups in total. The lowest BCUT2D eigenvalue weighted by Crippen LogP contribution is -2.28. The van der Waals surface area contributed by atoms with E-state index in [0.717, 1.165) is 22.2 Å². The van der Waals surface area contributed by atoms with E-state index in [1.54, 1.807) is 29.4 Å². The van der Waals surface area contributed by atoms with E-state index in [1.807, 2.05) is 44.3 Å². The van der Waals surface area contributed by atoms with Gasteiger partial charge in [0.25, 0.3) is 0 Å². The van der Waals surface area contributed by atoms with Crippen LogP contribution in [0.25, 0.3) is 17.0 Å². The van der Waals surface area contributed by atoms with Crippen molar-refractivity contribution in [3.8, 4) is 0 Å². The number of para-hydroxylation sites is 1. The first-order chi connectivity index (χ1) is 11.1. The molecule has 0 aliphatic rings. The zero-order chi connectivity index (χ0) is 16.2. The molecule has 4 nitrogen and oxygen atoms in total. The van der Waals surface area contributed by atoms with E-state index in [4.69, 9.17) is 0 Å². The van der Waals surface area contributed by atoms with Gasteiger partial charge in [0, 0.05) is 36.7 Å². The highest BCUT2D eigenvalue weighted by Gasteiger charge is 2.17. The molecule has 2 aromatic heterocycles. The van der Waals surface area contributed by atoms with Gasteiger partial charge in [-0.25, -0.2) is 0 Å². The van der Waals surface area contributed by atoms with Gasteiger partial charge in [-0.15, -0.1) is 0 Å². The standard InChI is InChI=1S/C19H19N3O/c1-14(18-12-16-7-3-4-8-17(16)21-18)22(2)19(23)10-9-15-6-5-11-20-13-15/h3-14,21H,1-2H3/b10-9+. The zero-order valence-electron chi connectivity index (χ0n) is 13.2. The van der Waals surface area contributed by atoms with Gasteiger partial charge in [-0.1, -0.05) is 24.3 Å². The summed E-state index contributed by atoms with van der Waals surface area (Å²) in [6, 6.07) is 13.9. The monoisotopic (exact) mass is 305 g/mol. The number of amides is 1. The van der Waals surface area contributed by atoms with Crippen molar-refractivity contribution in [2.24, 2.45) is 0 Å². The molecule has 0 aliphatic carbocycles. The number of fused-ring (bicyclic) bond motifs is 1. The van der Waals surface area contributed by atoms with Crippen LogP contribution < -0.4 is 0 Å². The summed E-state index contributed by atoms with van der Waals surface area (Å²) in [4.78, 5) is 21.5. The molecule has 0 saturated heterocycles. The molecular weight excluding hydrogens is 286 g/mol. The summed E-state index contributed by atoms with van der Waals surface area (Å²) in [5.41, 5.74) is 3.02. The van der Waals surface area contributed by atoms with Crippen molar-refractivity contribution in [3.05, 3.63) is 72.2 Å². The Balaban J connectivity index is 1.74. The van der Waals surface area contributed by atoms with Gasteiger partial charge >= 0.3 is 0 Å². The quantitative estimate of drug-likeness (QED) is 0.745. The molecule has 3 aromatic rings. The van der Waals surface area contributed by atoms with Gasteiger partial charge in [-0.3, -0.25) is 9.78 Å². The lowest BCUT2D eigenvalue weighted by Gasteiger charge is -2.22. The molecule has 1 amide bonds. The first-order valence-electron chi connectivity index (χ1n) is 7.57. The Kier molecular flexibility index (Phi) is 4.24. The van der Waals surface area contributed by atoms with Gasteiger partial charge < -0.3 is 9.88 Å². The number of carbonyl (C=O) groups is 1. The molecule has 3 rings (SSSR count). The van der Waals surface area contributed by atoms with Gasteiger partial charge in [-0.2, -0.15) is 0 Å². The summed E-state index contributed by atoms with van der Waals surface area (Å²) in [6.07, 6.45) is 6.80. The van der Waals surface area contributed by atoms with Crippen molar-refractivity contribution in [2.75, 3.05) is 7.05 Å². The van der Waals surface area contributed by atoms with Crippen LogP contribution in [0.1, 0.15) is 24.2 Å². The molecule has 116 valence electrons. The Morgan fingerprint density at radius 2 is 2.09 bits per heavy atom. The third kappa shape index (κ3) is 3.31. The zero-order valence-corrected chi connectivity index (χ0v) is 13.2. The van der Waals surface area contributed by atoms with Gasteiger partial charge in [-0.05, 0) is 42.1 Å². The van der Waals surface area contributed by atoms with Crippen LogP contribution in [-0.2, 0) is 4.79 Å². The number of H-pyrrole nitrogens is 1. The second-order valence-electron chi connectivity index (χ2n) is 5.56. The maximum atomic E-state index is 12.4. The third-order valence-corrected chi connectivity index (χ3v) is 4.03. The fourth-order valence-electron chi connectivity index (χ4n) is 2.48. The van der Waals surface area contributed by atoms with E-state index in [9.17, 15) is 4.79 Å². The summed E-state index contributed by atoms with van der Waals surface area (Å²) < 4.78 is 0. The number of benzene rings is 1. The first-order valence-corrected chi connectivity index (χ1v) is 7.57. The molecule has 1 aromatic carbocycles. The highest BCUT2D eigenvalue weighted by atomic mass is 16.2. The van der Waals surface area contributed by atoms with Crippen LogP contribution in [0.3, 0.4) is 0 Å². The van der Waals surface area contributed by atoms with E-state index in [2.05, 4.69) is 22.1 Å². The van der Waals surface area contributed by atoms with Crippen LogP contribution in [0.2, 0.25) is 0 Å². The number of likely N-dealkylation sites (N-methyl/N-ethyl adjacent to an activating group) is 1. The van der Waals surface area contributed by atoms with Crippen molar-refractivity contribution in [1.29, 1.82) is 0 Å². The number of hydrogen-bond donors (Lipinski definition) is 1. The van der Waals surface area contributed by atoms with Gasteiger partial charge in [0.2, 0.25) is 5.91 Å². The second kappa shape index (κ2) is 6.48. The molecule has 4 heteroatoms. The molecule has 1 atom stereocenters. The number of pyridine rings is 1. The number of nitrogens with one attached hydrogen (secondary N) is 1. The normalized spacial score (nSPS) is 12.6. The SMILES string of the molecule is CC(c1cc2ccccc2[nH]1)N(C)C(=O)/C=C/c1cccnc1. The maximum Gasteiger partial charge on any atom is 0.246 e. The van der Waals surface area contributed by atoms with E-state index in [1.165, 1.54) is 0 Å². The summed E-state index contributed by atoms with van der Waals surface area (Å²) in [7, 11) is 1.81. The molecule has 2 heterocycles. The van der Waals surface area contributed by atoms with Crippen LogP contribution in [0, 0.1) is 0 Å². The lowest BCUT2D eigenvalue weighted by molar-refractivity contribution is -0.126. The Labute approximate surface area is 135 Å². The van der Waals surface area contributed by atoms with Crippen LogP contribution in [-0.4, -0.2) is 27.8 Å². The van der Waals surface area contributed by atoms with Crippen molar-refractivity contribution in [1.82, 2.24) is 14.9 Å². The van der Waals surface area contributed by atoms with E-state index >= 15 is 0 Å². The highest BCUT2D eigenvalue weighted by molar-refractivity contribution is 5.92. The Morgan fingerprint density at radius 1 is 1.26 bits per heavy atom. The fourth-order valence-corrected chi connectivity index (χ4v) is 2.48. The minimum atomic E-state index is -0.0417. The number of nitrogens with zero attached hydrogens (tertiary/aromatic N) is 2. The van der Waals surface area contributed by atoms with Crippen molar-refractivity contribution in [2.45, 2.75) is 13.0 Å². The third-order valence-electron chi connectivity index (χ3n) is 4.03. The van der Waals surface area contributed by atoms with Crippen molar-refractivity contribution >= 4 is 22.9 Å². The Bertz CT molecular complexity index is 803. The van der Waals surface area contributed by atoms with Gasteiger partial charge in [0.1, 0.15) is 0 Å². The average Bonchev–Trinajstić information content (AvgIpc) is 3.03. The van der Waals surface area contributed by atoms with Crippen LogP contribution >= 0.6 is 0 Å². The fraction of sp³-hybridized carbons (Fsp3) is 0.158. The van der Waals surface area contributed by atoms with E-state index < -0.39 is 0 Å². The number of carbonyl (C=O) groups excluding carboxylic acids is 1. The summed E-state index contributed by atoms with van der Waals surface area (Å²) in [5, 5.41) is 1.15. The largest absolute Gasteiger partial charge is 0.357 e. The van der Waals surface area contributed by atoms with E-state index in [0.29, 0.717) is 0 Å². The predicted octanol–water partition coefficient (Wildman–Crippen LogP) is 3.80. The molecule has 1 unspecified atom stereocenters. The molecule has 0 bridgehead atoms. The predicted molar refractivity (Wildman–Crippen MR) is 92.8 cm³/mol. The topological polar surface area (TPSA) is 49.0 Å². The molecule has 0 fully saturated rings. The van der Waals surface area contributed by atoms with Crippen LogP contribution in [0.5, 0.6) is 0 Å². The number of hydrogen-bond acceptors (Lipinski definition) is 2. The summed E-state index contributed by atoms with van der Waals surface area (Å²) in [6.45, 7) is 2.01. The Hall–Kier alpha value is -2.88. The molecular formula is C19H19N3O. The molecule has 23 heavy (non-hydrogen) atoms. The van der Waals surface area contributed by atoms with Crippen LogP contribution in [0.4, 0.5) is 0 Å².